The number of halogens is 1. The fourth-order valence-electron chi connectivity index (χ4n) is 2.67. The molecular weight excluding hydrogens is 339 g/mol. The van der Waals surface area contributed by atoms with Gasteiger partial charge in [0.2, 0.25) is 0 Å². The standard InChI is InChI=1S/C19H15FN2S2/c20-16-6-1-2-7-17(16)22-18(19-8-4-12-24-19)13-14(21-22)9-10-15-5-3-11-23-15/h1-13,18,21H. The van der Waals surface area contributed by atoms with Gasteiger partial charge in [0.25, 0.3) is 0 Å². The largest absolute Gasteiger partial charge is 0.298 e. The number of thiophene rings is 2. The normalized spacial score (nSPS) is 17.3. The molecular formula is C19H15FN2S2. The summed E-state index contributed by atoms with van der Waals surface area (Å²) in [6, 6.07) is 15.0. The predicted molar refractivity (Wildman–Crippen MR) is 101 cm³/mol. The highest BCUT2D eigenvalue weighted by Crippen LogP contribution is 2.35. The third kappa shape index (κ3) is 3.00. The maximum atomic E-state index is 14.3. The molecule has 1 aromatic carbocycles. The summed E-state index contributed by atoms with van der Waals surface area (Å²) in [5.41, 5.74) is 4.84. The minimum atomic E-state index is -0.233. The number of hydrogen-bond acceptors (Lipinski definition) is 4. The molecule has 1 aliphatic heterocycles. The van der Waals surface area contributed by atoms with E-state index in [-0.39, 0.29) is 11.9 Å². The Hall–Kier alpha value is -2.37. The molecule has 0 aliphatic carbocycles. The van der Waals surface area contributed by atoms with Gasteiger partial charge in [-0.1, -0.05) is 24.3 Å². The number of nitrogens with one attached hydrogen (secondary N) is 1. The molecule has 0 spiro atoms. The van der Waals surface area contributed by atoms with Crippen LogP contribution in [-0.4, -0.2) is 0 Å². The molecule has 2 aromatic heterocycles. The van der Waals surface area contributed by atoms with Crippen LogP contribution in [-0.2, 0) is 0 Å². The first-order valence-electron chi connectivity index (χ1n) is 7.58. The second-order valence-electron chi connectivity index (χ2n) is 5.36. The molecule has 1 aliphatic rings. The second-order valence-corrected chi connectivity index (χ2v) is 7.32. The average Bonchev–Trinajstić information content (AvgIpc) is 3.34. The van der Waals surface area contributed by atoms with Gasteiger partial charge >= 0.3 is 0 Å². The number of hydrogen-bond donors (Lipinski definition) is 1. The van der Waals surface area contributed by atoms with Crippen molar-refractivity contribution in [2.24, 2.45) is 0 Å². The zero-order valence-electron chi connectivity index (χ0n) is 12.7. The third-order valence-electron chi connectivity index (χ3n) is 3.78. The Kier molecular flexibility index (Phi) is 4.19. The topological polar surface area (TPSA) is 15.3 Å². The van der Waals surface area contributed by atoms with E-state index in [9.17, 15) is 4.39 Å². The zero-order chi connectivity index (χ0) is 16.4. The molecule has 0 radical (unpaired) electrons. The Balaban J connectivity index is 1.66. The van der Waals surface area contributed by atoms with Crippen molar-refractivity contribution >= 4 is 34.4 Å². The lowest BCUT2D eigenvalue weighted by molar-refractivity contribution is 0.603. The molecule has 0 fully saturated rings. The quantitative estimate of drug-likeness (QED) is 0.655. The van der Waals surface area contributed by atoms with Gasteiger partial charge in [-0.25, -0.2) is 4.39 Å². The minimum Gasteiger partial charge on any atom is -0.298 e. The Morgan fingerprint density at radius 2 is 1.79 bits per heavy atom. The first kappa shape index (κ1) is 15.2. The molecule has 3 heterocycles. The molecule has 0 saturated carbocycles. The summed E-state index contributed by atoms with van der Waals surface area (Å²) in [4.78, 5) is 2.36. The number of nitrogens with zero attached hydrogens (tertiary/aromatic N) is 1. The lowest BCUT2D eigenvalue weighted by Crippen LogP contribution is -2.34. The molecule has 0 amide bonds. The van der Waals surface area contributed by atoms with Gasteiger partial charge in [0.1, 0.15) is 11.9 Å². The van der Waals surface area contributed by atoms with Crippen molar-refractivity contribution in [1.29, 1.82) is 0 Å². The Bertz CT molecular complexity index is 867. The van der Waals surface area contributed by atoms with Crippen molar-refractivity contribution in [2.75, 3.05) is 5.01 Å². The fraction of sp³-hybridized carbons (Fsp3) is 0.0526. The van der Waals surface area contributed by atoms with Crippen LogP contribution in [0.1, 0.15) is 15.8 Å². The first-order chi connectivity index (χ1) is 11.8. The van der Waals surface area contributed by atoms with E-state index in [0.717, 1.165) is 5.70 Å². The molecule has 5 heteroatoms. The van der Waals surface area contributed by atoms with E-state index in [4.69, 9.17) is 0 Å². The lowest BCUT2D eigenvalue weighted by Gasteiger charge is -2.26. The van der Waals surface area contributed by atoms with Gasteiger partial charge < -0.3 is 0 Å². The van der Waals surface area contributed by atoms with Gasteiger partial charge in [-0.3, -0.25) is 10.4 Å². The highest BCUT2D eigenvalue weighted by atomic mass is 32.1. The maximum absolute atomic E-state index is 14.3. The van der Waals surface area contributed by atoms with E-state index in [1.165, 1.54) is 15.8 Å². The van der Waals surface area contributed by atoms with Crippen molar-refractivity contribution < 1.29 is 4.39 Å². The summed E-state index contributed by atoms with van der Waals surface area (Å²) in [5.74, 6) is -0.233. The molecule has 1 unspecified atom stereocenters. The highest BCUT2D eigenvalue weighted by molar-refractivity contribution is 7.10. The molecule has 1 atom stereocenters. The molecule has 120 valence electrons. The summed E-state index contributed by atoms with van der Waals surface area (Å²) in [6.45, 7) is 0. The van der Waals surface area contributed by atoms with Crippen LogP contribution in [0.5, 0.6) is 0 Å². The molecule has 1 N–H and O–H groups in total. The van der Waals surface area contributed by atoms with Gasteiger partial charge in [0.15, 0.2) is 0 Å². The first-order valence-corrected chi connectivity index (χ1v) is 9.34. The monoisotopic (exact) mass is 354 g/mol. The third-order valence-corrected chi connectivity index (χ3v) is 5.56. The predicted octanol–water partition coefficient (Wildman–Crippen LogP) is 5.61. The van der Waals surface area contributed by atoms with Crippen molar-refractivity contribution in [2.45, 2.75) is 6.04 Å². The van der Waals surface area contributed by atoms with E-state index in [1.807, 2.05) is 34.7 Å². The Morgan fingerprint density at radius 1 is 0.958 bits per heavy atom. The van der Waals surface area contributed by atoms with Gasteiger partial charge in [0, 0.05) is 9.75 Å². The number of benzene rings is 1. The molecule has 0 bridgehead atoms. The van der Waals surface area contributed by atoms with E-state index in [2.05, 4.69) is 35.1 Å². The fourth-order valence-corrected chi connectivity index (χ4v) is 4.07. The van der Waals surface area contributed by atoms with Crippen LogP contribution in [0.25, 0.3) is 6.08 Å². The Morgan fingerprint density at radius 3 is 2.54 bits per heavy atom. The van der Waals surface area contributed by atoms with Crippen molar-refractivity contribution in [3.63, 3.8) is 0 Å². The number of hydrazine groups is 1. The number of rotatable bonds is 4. The highest BCUT2D eigenvalue weighted by Gasteiger charge is 2.27. The van der Waals surface area contributed by atoms with E-state index in [1.54, 1.807) is 34.8 Å². The number of anilines is 1. The van der Waals surface area contributed by atoms with Crippen LogP contribution in [0.15, 0.2) is 77.1 Å². The van der Waals surface area contributed by atoms with Crippen molar-refractivity contribution in [1.82, 2.24) is 5.43 Å². The van der Waals surface area contributed by atoms with E-state index in [0.29, 0.717) is 5.69 Å². The molecule has 2 nitrogen and oxygen atoms in total. The second kappa shape index (κ2) is 6.63. The van der Waals surface area contributed by atoms with E-state index < -0.39 is 0 Å². The van der Waals surface area contributed by atoms with Gasteiger partial charge in [-0.2, -0.15) is 0 Å². The van der Waals surface area contributed by atoms with E-state index >= 15 is 0 Å². The summed E-state index contributed by atoms with van der Waals surface area (Å²) in [5, 5.41) is 5.98. The molecule has 0 saturated heterocycles. The smallest absolute Gasteiger partial charge is 0.148 e. The van der Waals surface area contributed by atoms with Gasteiger partial charge in [0.05, 0.1) is 11.4 Å². The molecule has 4 rings (SSSR count). The van der Waals surface area contributed by atoms with Crippen LogP contribution >= 0.6 is 22.7 Å². The summed E-state index contributed by atoms with van der Waals surface area (Å²) < 4.78 is 14.3. The summed E-state index contributed by atoms with van der Waals surface area (Å²) in [6.07, 6.45) is 6.23. The number of allylic oxidation sites excluding steroid dienone is 1. The lowest BCUT2D eigenvalue weighted by atomic mass is 10.2. The van der Waals surface area contributed by atoms with Crippen molar-refractivity contribution in [3.05, 3.63) is 92.7 Å². The zero-order valence-corrected chi connectivity index (χ0v) is 14.4. The molecule has 24 heavy (non-hydrogen) atoms. The van der Waals surface area contributed by atoms with Gasteiger partial charge in [-0.15, -0.1) is 22.7 Å². The maximum Gasteiger partial charge on any atom is 0.148 e. The van der Waals surface area contributed by atoms with Gasteiger partial charge in [-0.05, 0) is 53.3 Å². The summed E-state index contributed by atoms with van der Waals surface area (Å²) >= 11 is 3.36. The number of para-hydroxylation sites is 1. The van der Waals surface area contributed by atoms with Crippen LogP contribution in [0.4, 0.5) is 10.1 Å². The average molecular weight is 354 g/mol. The minimum absolute atomic E-state index is 0.0233. The van der Waals surface area contributed by atoms with Crippen LogP contribution in [0.2, 0.25) is 0 Å². The van der Waals surface area contributed by atoms with Crippen LogP contribution in [0.3, 0.4) is 0 Å². The molecule has 3 aromatic rings. The summed E-state index contributed by atoms with van der Waals surface area (Å²) in [7, 11) is 0. The van der Waals surface area contributed by atoms with Crippen LogP contribution < -0.4 is 10.4 Å². The SMILES string of the molecule is Fc1ccccc1N1NC(C=Cc2cccs2)=CC1c1cccs1. The van der Waals surface area contributed by atoms with Crippen molar-refractivity contribution in [3.8, 4) is 0 Å². The Labute approximate surface area is 148 Å². The van der Waals surface area contributed by atoms with Crippen LogP contribution in [0, 0.1) is 5.82 Å².